The number of aromatic nitrogens is 2. The Bertz CT molecular complexity index is 858. The lowest BCUT2D eigenvalue weighted by molar-refractivity contribution is 0.0342. The van der Waals surface area contributed by atoms with Crippen LogP contribution in [0.2, 0.25) is 0 Å². The summed E-state index contributed by atoms with van der Waals surface area (Å²) < 4.78 is 5.42. The Balaban J connectivity index is 1.25. The third-order valence-corrected chi connectivity index (χ3v) is 5.31. The number of hydrogen-bond acceptors (Lipinski definition) is 6. The summed E-state index contributed by atoms with van der Waals surface area (Å²) in [6.07, 6.45) is 3.57. The molecule has 9 heteroatoms. The lowest BCUT2D eigenvalue weighted by atomic mass is 10.1. The number of nitrogens with one attached hydrogen (secondary N) is 5. The summed E-state index contributed by atoms with van der Waals surface area (Å²) in [6, 6.07) is 6.56. The van der Waals surface area contributed by atoms with E-state index in [0.717, 1.165) is 62.8 Å². The first kappa shape index (κ1) is 17.3. The number of amides is 2. The molecule has 5 N–H and O–H groups in total. The van der Waals surface area contributed by atoms with Gasteiger partial charge >= 0.3 is 6.03 Å². The fourth-order valence-corrected chi connectivity index (χ4v) is 3.63. The van der Waals surface area contributed by atoms with Crippen LogP contribution in [-0.4, -0.2) is 53.5 Å². The van der Waals surface area contributed by atoms with E-state index >= 15 is 0 Å². The maximum absolute atomic E-state index is 12.1. The highest BCUT2D eigenvalue weighted by Crippen LogP contribution is 2.37. The van der Waals surface area contributed by atoms with Crippen molar-refractivity contribution in [1.82, 2.24) is 20.4 Å². The third-order valence-electron chi connectivity index (χ3n) is 5.31. The van der Waals surface area contributed by atoms with Crippen molar-refractivity contribution in [2.24, 2.45) is 0 Å². The Morgan fingerprint density at radius 1 is 1.21 bits per heavy atom. The number of hydrogen-bond donors (Lipinski definition) is 5. The Hall–Kier alpha value is -2.78. The number of morpholine rings is 1. The van der Waals surface area contributed by atoms with Crippen LogP contribution in [0.5, 0.6) is 0 Å². The van der Waals surface area contributed by atoms with Crippen molar-refractivity contribution in [3.63, 3.8) is 0 Å². The van der Waals surface area contributed by atoms with Crippen LogP contribution in [-0.2, 0) is 11.3 Å². The largest absolute Gasteiger partial charge is 0.379 e. The van der Waals surface area contributed by atoms with Gasteiger partial charge in [0.1, 0.15) is 11.9 Å². The summed E-state index contributed by atoms with van der Waals surface area (Å²) in [5.74, 6) is 0. The molecule has 1 aromatic carbocycles. The van der Waals surface area contributed by atoms with Gasteiger partial charge in [-0.15, -0.1) is 0 Å². The van der Waals surface area contributed by atoms with Crippen LogP contribution in [0.25, 0.3) is 0 Å². The Morgan fingerprint density at radius 3 is 2.86 bits per heavy atom. The van der Waals surface area contributed by atoms with Crippen molar-refractivity contribution >= 4 is 23.1 Å². The first-order valence-corrected chi connectivity index (χ1v) is 9.81. The molecule has 1 aromatic heterocycles. The highest BCUT2D eigenvalue weighted by Gasteiger charge is 2.27. The molecule has 0 bridgehead atoms. The smallest absolute Gasteiger partial charge is 0.319 e. The molecule has 28 heavy (non-hydrogen) atoms. The second kappa shape index (κ2) is 7.33. The monoisotopic (exact) mass is 383 g/mol. The number of anilines is 3. The van der Waals surface area contributed by atoms with Crippen molar-refractivity contribution in [2.45, 2.75) is 31.6 Å². The van der Waals surface area contributed by atoms with E-state index in [-0.39, 0.29) is 12.2 Å². The first-order valence-electron chi connectivity index (χ1n) is 9.81. The van der Waals surface area contributed by atoms with Crippen LogP contribution < -0.4 is 21.3 Å². The highest BCUT2D eigenvalue weighted by molar-refractivity contribution is 5.90. The van der Waals surface area contributed by atoms with E-state index in [1.807, 2.05) is 0 Å². The zero-order valence-corrected chi connectivity index (χ0v) is 15.6. The molecule has 1 aliphatic carbocycles. The number of rotatable bonds is 5. The fraction of sp³-hybridized carbons (Fsp3) is 0.474. The number of carbonyl (C=O) groups is 1. The maximum Gasteiger partial charge on any atom is 0.319 e. The molecule has 0 spiro atoms. The van der Waals surface area contributed by atoms with Crippen LogP contribution in [0.4, 0.5) is 21.9 Å². The summed E-state index contributed by atoms with van der Waals surface area (Å²) in [5.41, 5.74) is 4.83. The lowest BCUT2D eigenvalue weighted by Gasteiger charge is -2.26. The molecule has 3 aliphatic rings. The topological polar surface area (TPSA) is 106 Å². The predicted molar refractivity (Wildman–Crippen MR) is 106 cm³/mol. The van der Waals surface area contributed by atoms with Crippen molar-refractivity contribution in [3.05, 3.63) is 35.7 Å². The van der Waals surface area contributed by atoms with Crippen molar-refractivity contribution in [3.8, 4) is 0 Å². The molecule has 1 saturated heterocycles. The maximum atomic E-state index is 12.1. The summed E-state index contributed by atoms with van der Waals surface area (Å²) in [4.78, 5) is 14.5. The normalized spacial score (nSPS) is 21.5. The molecule has 3 heterocycles. The molecular formula is C19H25N7O2. The Kier molecular flexibility index (Phi) is 4.53. The van der Waals surface area contributed by atoms with Crippen LogP contribution >= 0.6 is 0 Å². The van der Waals surface area contributed by atoms with Crippen LogP contribution in [0.1, 0.15) is 30.3 Å². The van der Waals surface area contributed by atoms with E-state index in [1.54, 1.807) is 6.20 Å². The molecular weight excluding hydrogens is 358 g/mol. The second-order valence-electron chi connectivity index (χ2n) is 7.56. The van der Waals surface area contributed by atoms with E-state index in [4.69, 9.17) is 4.74 Å². The van der Waals surface area contributed by atoms with Gasteiger partial charge in [-0.3, -0.25) is 10.00 Å². The van der Waals surface area contributed by atoms with Gasteiger partial charge in [-0.2, -0.15) is 5.10 Å². The predicted octanol–water partition coefficient (Wildman–Crippen LogP) is 2.06. The fourth-order valence-electron chi connectivity index (χ4n) is 3.63. The van der Waals surface area contributed by atoms with Gasteiger partial charge in [-0.25, -0.2) is 4.79 Å². The van der Waals surface area contributed by atoms with Gasteiger partial charge in [0.25, 0.3) is 0 Å². The average molecular weight is 383 g/mol. The summed E-state index contributed by atoms with van der Waals surface area (Å²) >= 11 is 0. The Labute approximate surface area is 163 Å². The van der Waals surface area contributed by atoms with Gasteiger partial charge in [0.2, 0.25) is 0 Å². The SMILES string of the molecule is O=C(Nc1cn[nH]c1C1Nc2ccc(CN3CCOCC3)cc2N1)NC1CC1. The van der Waals surface area contributed by atoms with E-state index in [1.165, 1.54) is 5.56 Å². The number of carbonyl (C=O) groups excluding carboxylic acids is 1. The molecule has 148 valence electrons. The van der Waals surface area contributed by atoms with Crippen molar-refractivity contribution in [2.75, 3.05) is 42.3 Å². The third kappa shape index (κ3) is 3.76. The highest BCUT2D eigenvalue weighted by atomic mass is 16.5. The zero-order chi connectivity index (χ0) is 18.9. The number of fused-ring (bicyclic) bond motifs is 1. The second-order valence-corrected chi connectivity index (χ2v) is 7.56. The summed E-state index contributed by atoms with van der Waals surface area (Å²) in [7, 11) is 0. The molecule has 2 amide bonds. The molecule has 0 radical (unpaired) electrons. The van der Waals surface area contributed by atoms with Gasteiger partial charge in [0.05, 0.1) is 36.5 Å². The lowest BCUT2D eigenvalue weighted by Crippen LogP contribution is -2.35. The van der Waals surface area contributed by atoms with Crippen LogP contribution in [0, 0.1) is 0 Å². The minimum Gasteiger partial charge on any atom is -0.379 e. The number of nitrogens with zero attached hydrogens (tertiary/aromatic N) is 2. The van der Waals surface area contributed by atoms with Gasteiger partial charge in [0.15, 0.2) is 0 Å². The number of benzene rings is 1. The molecule has 2 aliphatic heterocycles. The van der Waals surface area contributed by atoms with Crippen LogP contribution in [0.15, 0.2) is 24.4 Å². The summed E-state index contributed by atoms with van der Waals surface area (Å²) in [5, 5.41) is 19.9. The molecule has 1 saturated carbocycles. The minimum absolute atomic E-state index is 0.174. The molecule has 1 atom stereocenters. The quantitative estimate of drug-likeness (QED) is 0.541. The van der Waals surface area contributed by atoms with E-state index < -0.39 is 0 Å². The zero-order valence-electron chi connectivity index (χ0n) is 15.6. The van der Waals surface area contributed by atoms with Crippen molar-refractivity contribution in [1.29, 1.82) is 0 Å². The Morgan fingerprint density at radius 2 is 2.04 bits per heavy atom. The average Bonchev–Trinajstić information content (AvgIpc) is 3.22. The molecule has 1 unspecified atom stereocenters. The van der Waals surface area contributed by atoms with Gasteiger partial charge in [-0.05, 0) is 30.5 Å². The van der Waals surface area contributed by atoms with E-state index in [2.05, 4.69) is 54.6 Å². The van der Waals surface area contributed by atoms with E-state index in [0.29, 0.717) is 11.7 Å². The number of H-pyrrole nitrogens is 1. The number of urea groups is 1. The number of aromatic amines is 1. The number of ether oxygens (including phenoxy) is 1. The van der Waals surface area contributed by atoms with Gasteiger partial charge in [0, 0.05) is 25.7 Å². The molecule has 2 aromatic rings. The van der Waals surface area contributed by atoms with Crippen molar-refractivity contribution < 1.29 is 9.53 Å². The van der Waals surface area contributed by atoms with Gasteiger partial charge in [-0.1, -0.05) is 6.07 Å². The van der Waals surface area contributed by atoms with Crippen LogP contribution in [0.3, 0.4) is 0 Å². The van der Waals surface area contributed by atoms with E-state index in [9.17, 15) is 4.79 Å². The molecule has 5 rings (SSSR count). The van der Waals surface area contributed by atoms with Gasteiger partial charge < -0.3 is 26.0 Å². The summed E-state index contributed by atoms with van der Waals surface area (Å²) in [6.45, 7) is 4.46. The molecule has 9 nitrogen and oxygen atoms in total. The molecule has 2 fully saturated rings. The minimum atomic E-state index is -0.187. The first-order chi connectivity index (χ1) is 13.7. The standard InChI is InChI=1S/C19H25N7O2/c27-19(21-13-2-3-13)24-16-10-20-25-17(16)18-22-14-4-1-12(9-15(14)23-18)11-26-5-7-28-8-6-26/h1,4,9-10,13,18,22-23H,2-3,5-8,11H2,(H,20,25)(H2,21,24,27).